The Morgan fingerprint density at radius 3 is 2.31 bits per heavy atom. The molecular formula is C11H10N2. The number of nitrogens with one attached hydrogen (secondary N) is 1. The van der Waals surface area contributed by atoms with Crippen molar-refractivity contribution in [3.63, 3.8) is 0 Å². The lowest BCUT2D eigenvalue weighted by Crippen LogP contribution is -2.32. The van der Waals surface area contributed by atoms with E-state index >= 15 is 0 Å². The van der Waals surface area contributed by atoms with E-state index in [0.717, 1.165) is 16.1 Å². The Balaban J connectivity index is 2.81. The maximum absolute atomic E-state index is 7.66. The smallest absolute Gasteiger partial charge is 0.0826 e. The van der Waals surface area contributed by atoms with E-state index in [4.69, 9.17) is 5.41 Å². The van der Waals surface area contributed by atoms with Crippen molar-refractivity contribution in [3.8, 4) is 0 Å². The molecule has 0 bridgehead atoms. The second-order valence-electron chi connectivity index (χ2n) is 2.94. The largest absolute Gasteiger partial charge is 0.299 e. The summed E-state index contributed by atoms with van der Waals surface area (Å²) >= 11 is 0. The fraction of sp³-hybridized carbons (Fsp3) is 0.0909. The van der Waals surface area contributed by atoms with Crippen molar-refractivity contribution in [3.05, 3.63) is 34.7 Å². The van der Waals surface area contributed by atoms with Gasteiger partial charge < -0.3 is 0 Å². The lowest BCUT2D eigenvalue weighted by Gasteiger charge is -2.03. The lowest BCUT2D eigenvalue weighted by atomic mass is 10.0. The molecule has 1 aliphatic rings. The summed E-state index contributed by atoms with van der Waals surface area (Å²) in [7, 11) is 1.71. The molecule has 0 radical (unpaired) electrons. The van der Waals surface area contributed by atoms with E-state index in [9.17, 15) is 0 Å². The Labute approximate surface area is 76.5 Å². The van der Waals surface area contributed by atoms with Gasteiger partial charge in [-0.05, 0) is 22.6 Å². The molecule has 1 aliphatic carbocycles. The van der Waals surface area contributed by atoms with E-state index in [2.05, 4.69) is 4.99 Å². The van der Waals surface area contributed by atoms with Crippen LogP contribution in [0.15, 0.2) is 29.3 Å². The highest BCUT2D eigenvalue weighted by atomic mass is 14.7. The van der Waals surface area contributed by atoms with E-state index < -0.39 is 0 Å². The summed E-state index contributed by atoms with van der Waals surface area (Å²) in [5.74, 6) is 0. The van der Waals surface area contributed by atoms with E-state index in [1.807, 2.05) is 36.4 Å². The number of hydrogen-bond acceptors (Lipinski definition) is 2. The van der Waals surface area contributed by atoms with E-state index in [1.54, 1.807) is 7.05 Å². The molecule has 1 N–H and O–H groups in total. The Morgan fingerprint density at radius 1 is 1.08 bits per heavy atom. The molecule has 0 spiro atoms. The zero-order valence-corrected chi connectivity index (χ0v) is 7.41. The highest BCUT2D eigenvalue weighted by Gasteiger charge is 2.03. The van der Waals surface area contributed by atoms with Crippen molar-refractivity contribution in [2.75, 3.05) is 7.05 Å². The van der Waals surface area contributed by atoms with Gasteiger partial charge in [-0.15, -0.1) is 0 Å². The molecule has 2 nitrogen and oxygen atoms in total. The topological polar surface area (TPSA) is 36.2 Å². The number of fused-ring (bicyclic) bond motifs is 1. The number of hydrogen-bond donors (Lipinski definition) is 1. The molecule has 64 valence electrons. The van der Waals surface area contributed by atoms with Gasteiger partial charge in [0.1, 0.15) is 0 Å². The first kappa shape index (κ1) is 7.92. The highest BCUT2D eigenvalue weighted by Crippen LogP contribution is 1.90. The molecule has 0 fully saturated rings. The zero-order valence-electron chi connectivity index (χ0n) is 7.41. The van der Waals surface area contributed by atoms with Gasteiger partial charge in [-0.1, -0.05) is 24.3 Å². The molecule has 0 aromatic heterocycles. The summed E-state index contributed by atoms with van der Waals surface area (Å²) in [5.41, 5.74) is 1.24. The van der Waals surface area contributed by atoms with Crippen LogP contribution in [0.2, 0.25) is 0 Å². The van der Waals surface area contributed by atoms with Crippen LogP contribution in [0.4, 0.5) is 0 Å². The van der Waals surface area contributed by atoms with Crippen LogP contribution in [-0.4, -0.2) is 18.5 Å². The molecule has 0 amide bonds. The molecule has 13 heavy (non-hydrogen) atoms. The molecule has 2 heteroatoms. The third kappa shape index (κ3) is 1.31. The molecule has 0 saturated heterocycles. The number of rotatable bonds is 0. The van der Waals surface area contributed by atoms with Crippen LogP contribution in [0.3, 0.4) is 0 Å². The molecule has 2 rings (SSSR count). The van der Waals surface area contributed by atoms with Crippen molar-refractivity contribution in [1.29, 1.82) is 5.41 Å². The number of nitrogens with zero attached hydrogens (tertiary/aromatic N) is 1. The molecule has 0 heterocycles. The molecule has 0 saturated carbocycles. The minimum absolute atomic E-state index is 0.487. The van der Waals surface area contributed by atoms with Gasteiger partial charge in [-0.3, -0.25) is 10.4 Å². The van der Waals surface area contributed by atoms with Gasteiger partial charge in [0.25, 0.3) is 0 Å². The predicted octanol–water partition coefficient (Wildman–Crippen LogP) is 0.352. The van der Waals surface area contributed by atoms with E-state index in [1.165, 1.54) is 0 Å². The third-order valence-electron chi connectivity index (χ3n) is 2.10. The lowest BCUT2D eigenvalue weighted by molar-refractivity contribution is 1.44. The van der Waals surface area contributed by atoms with E-state index in [-0.39, 0.29) is 0 Å². The fourth-order valence-corrected chi connectivity index (χ4v) is 1.41. The van der Waals surface area contributed by atoms with E-state index in [0.29, 0.717) is 5.71 Å². The second-order valence-corrected chi connectivity index (χ2v) is 2.94. The Hall–Kier alpha value is -1.70. The van der Waals surface area contributed by atoms with Gasteiger partial charge >= 0.3 is 0 Å². The summed E-state index contributed by atoms with van der Waals surface area (Å²) in [6.07, 6.45) is 3.79. The number of benzene rings is 1. The third-order valence-corrected chi connectivity index (χ3v) is 2.10. The molecule has 1 aromatic rings. The SMILES string of the molecule is CN=C1C=c2ccccc2=CC1=N. The van der Waals surface area contributed by atoms with Crippen molar-refractivity contribution < 1.29 is 0 Å². The predicted molar refractivity (Wildman–Crippen MR) is 55.7 cm³/mol. The van der Waals surface area contributed by atoms with Crippen LogP contribution in [0.25, 0.3) is 12.2 Å². The molecule has 1 aromatic carbocycles. The van der Waals surface area contributed by atoms with Crippen LogP contribution in [0.1, 0.15) is 0 Å². The van der Waals surface area contributed by atoms with Crippen molar-refractivity contribution in [1.82, 2.24) is 0 Å². The minimum atomic E-state index is 0.487. The summed E-state index contributed by atoms with van der Waals surface area (Å²) in [4.78, 5) is 4.03. The van der Waals surface area contributed by atoms with Crippen LogP contribution in [-0.2, 0) is 0 Å². The van der Waals surface area contributed by atoms with Crippen LogP contribution >= 0.6 is 0 Å². The monoisotopic (exact) mass is 170 g/mol. The summed E-state index contributed by atoms with van der Waals surface area (Å²) < 4.78 is 0. The summed E-state index contributed by atoms with van der Waals surface area (Å²) in [6.45, 7) is 0. The average Bonchev–Trinajstić information content (AvgIpc) is 2.17. The van der Waals surface area contributed by atoms with Gasteiger partial charge in [0.15, 0.2) is 0 Å². The average molecular weight is 170 g/mol. The van der Waals surface area contributed by atoms with Gasteiger partial charge in [0.05, 0.1) is 11.4 Å². The summed E-state index contributed by atoms with van der Waals surface area (Å²) in [5, 5.41) is 9.89. The quantitative estimate of drug-likeness (QED) is 0.583. The van der Waals surface area contributed by atoms with Crippen molar-refractivity contribution in [2.24, 2.45) is 4.99 Å². The Kier molecular flexibility index (Phi) is 1.81. The van der Waals surface area contributed by atoms with Crippen LogP contribution < -0.4 is 10.4 Å². The Bertz CT molecular complexity index is 495. The molecule has 0 atom stereocenters. The first-order valence-electron chi connectivity index (χ1n) is 4.15. The minimum Gasteiger partial charge on any atom is -0.299 e. The van der Waals surface area contributed by atoms with Crippen molar-refractivity contribution in [2.45, 2.75) is 0 Å². The molecule has 0 aliphatic heterocycles. The normalized spacial score (nSPS) is 17.6. The maximum atomic E-state index is 7.66. The first-order valence-corrected chi connectivity index (χ1v) is 4.15. The van der Waals surface area contributed by atoms with Crippen LogP contribution in [0, 0.1) is 5.41 Å². The number of aliphatic imine (C=N–C) groups is 1. The van der Waals surface area contributed by atoms with Gasteiger partial charge in [-0.25, -0.2) is 0 Å². The first-order chi connectivity index (χ1) is 6.31. The highest BCUT2D eigenvalue weighted by molar-refractivity contribution is 6.60. The van der Waals surface area contributed by atoms with Gasteiger partial charge in [0.2, 0.25) is 0 Å². The Morgan fingerprint density at radius 2 is 1.69 bits per heavy atom. The van der Waals surface area contributed by atoms with Crippen LogP contribution in [0.5, 0.6) is 0 Å². The standard InChI is InChI=1S/C11H10N2/c1-13-11-7-9-5-3-2-4-8(9)6-10(11)12/h2-7,12H,1H3. The van der Waals surface area contributed by atoms with Gasteiger partial charge in [-0.2, -0.15) is 0 Å². The van der Waals surface area contributed by atoms with Gasteiger partial charge in [0, 0.05) is 7.05 Å². The van der Waals surface area contributed by atoms with Crippen molar-refractivity contribution >= 4 is 23.6 Å². The second kappa shape index (κ2) is 2.98. The molecule has 0 unspecified atom stereocenters. The molecular weight excluding hydrogens is 160 g/mol. The fourth-order valence-electron chi connectivity index (χ4n) is 1.41. The maximum Gasteiger partial charge on any atom is 0.0826 e. The summed E-state index contributed by atoms with van der Waals surface area (Å²) in [6, 6.07) is 8.01. The zero-order chi connectivity index (χ0) is 9.26.